The lowest BCUT2D eigenvalue weighted by Gasteiger charge is -2.19. The van der Waals surface area contributed by atoms with Gasteiger partial charge in [-0.3, -0.25) is 4.79 Å². The number of hydrogen-bond donors (Lipinski definition) is 1. The predicted molar refractivity (Wildman–Crippen MR) is 122 cm³/mol. The molecular formula is C26H30N2O2. The minimum Gasteiger partial charge on any atom is -0.494 e. The van der Waals surface area contributed by atoms with Crippen LogP contribution in [0.3, 0.4) is 0 Å². The van der Waals surface area contributed by atoms with Crippen LogP contribution in [0.25, 0.3) is 10.8 Å². The van der Waals surface area contributed by atoms with Gasteiger partial charge in [0.15, 0.2) is 0 Å². The normalized spacial score (nSPS) is 16.6. The molecule has 4 nitrogen and oxygen atoms in total. The van der Waals surface area contributed by atoms with Gasteiger partial charge in [-0.15, -0.1) is 0 Å². The highest BCUT2D eigenvalue weighted by atomic mass is 16.5. The number of likely N-dealkylation sites (tertiary alicyclic amines) is 1. The average molecular weight is 403 g/mol. The number of rotatable bonds is 8. The average Bonchev–Trinajstić information content (AvgIpc) is 3.18. The summed E-state index contributed by atoms with van der Waals surface area (Å²) in [6.07, 6.45) is 4.46. The smallest absolute Gasteiger partial charge is 0.251 e. The van der Waals surface area contributed by atoms with Crippen molar-refractivity contribution in [1.29, 1.82) is 0 Å². The number of fused-ring (bicyclic) bond motifs is 1. The molecule has 1 saturated heterocycles. The van der Waals surface area contributed by atoms with E-state index < -0.39 is 0 Å². The molecule has 0 aliphatic carbocycles. The first-order chi connectivity index (χ1) is 14.7. The lowest BCUT2D eigenvalue weighted by molar-refractivity contribution is 0.0954. The van der Waals surface area contributed by atoms with Crippen LogP contribution in [-0.4, -0.2) is 43.6 Å². The third kappa shape index (κ3) is 5.19. The van der Waals surface area contributed by atoms with Gasteiger partial charge in [0.05, 0.1) is 6.61 Å². The van der Waals surface area contributed by atoms with Crippen LogP contribution in [0, 0.1) is 0 Å². The van der Waals surface area contributed by atoms with E-state index in [4.69, 9.17) is 4.74 Å². The van der Waals surface area contributed by atoms with Crippen LogP contribution in [0.4, 0.5) is 0 Å². The van der Waals surface area contributed by atoms with Crippen molar-refractivity contribution in [2.24, 2.45) is 0 Å². The largest absolute Gasteiger partial charge is 0.494 e. The van der Waals surface area contributed by atoms with Gasteiger partial charge in [-0.25, -0.2) is 0 Å². The van der Waals surface area contributed by atoms with Crippen molar-refractivity contribution in [3.05, 3.63) is 77.9 Å². The highest BCUT2D eigenvalue weighted by molar-refractivity contribution is 5.98. The summed E-state index contributed by atoms with van der Waals surface area (Å²) in [7, 11) is 2.20. The number of carbonyl (C=O) groups excluding carboxylic acids is 1. The van der Waals surface area contributed by atoms with Gasteiger partial charge >= 0.3 is 0 Å². The highest BCUT2D eigenvalue weighted by Crippen LogP contribution is 2.23. The Hall–Kier alpha value is -2.85. The molecule has 4 rings (SSSR count). The standard InChI is InChI=1S/C26H30N2O2/c1-28-16-5-8-24(28)14-17-30-25-12-11-21-18-23(10-9-22(21)19-25)26(29)27-15-13-20-6-3-2-4-7-20/h2-4,6-7,9-12,18-19,24H,5,8,13-17H2,1H3,(H,27,29). The fraction of sp³-hybridized carbons (Fsp3) is 0.346. The van der Waals surface area contributed by atoms with Gasteiger partial charge in [-0.05, 0) is 79.9 Å². The number of benzene rings is 3. The topological polar surface area (TPSA) is 41.6 Å². The van der Waals surface area contributed by atoms with Crippen LogP contribution in [-0.2, 0) is 6.42 Å². The molecule has 0 spiro atoms. The van der Waals surface area contributed by atoms with Gasteiger partial charge in [0.2, 0.25) is 0 Å². The molecule has 1 aliphatic heterocycles. The van der Waals surface area contributed by atoms with Crippen LogP contribution < -0.4 is 10.1 Å². The Labute approximate surface area is 178 Å². The maximum atomic E-state index is 12.5. The highest BCUT2D eigenvalue weighted by Gasteiger charge is 2.20. The fourth-order valence-electron chi connectivity index (χ4n) is 4.18. The molecule has 1 unspecified atom stereocenters. The zero-order valence-electron chi connectivity index (χ0n) is 17.6. The Morgan fingerprint density at radius 3 is 2.67 bits per heavy atom. The molecule has 156 valence electrons. The molecule has 1 aliphatic rings. The van der Waals surface area contributed by atoms with E-state index in [2.05, 4.69) is 35.5 Å². The van der Waals surface area contributed by atoms with E-state index in [1.54, 1.807) is 0 Å². The number of ether oxygens (including phenoxy) is 1. The van der Waals surface area contributed by atoms with Gasteiger partial charge in [-0.2, -0.15) is 0 Å². The van der Waals surface area contributed by atoms with E-state index in [1.807, 2.05) is 48.5 Å². The molecule has 4 heteroatoms. The van der Waals surface area contributed by atoms with Crippen LogP contribution in [0.1, 0.15) is 35.2 Å². The first-order valence-electron chi connectivity index (χ1n) is 10.9. The molecule has 3 aromatic rings. The first-order valence-corrected chi connectivity index (χ1v) is 10.9. The number of nitrogens with zero attached hydrogens (tertiary/aromatic N) is 1. The summed E-state index contributed by atoms with van der Waals surface area (Å²) in [4.78, 5) is 14.9. The second-order valence-corrected chi connectivity index (χ2v) is 8.13. The molecule has 0 saturated carbocycles. The number of hydrogen-bond acceptors (Lipinski definition) is 3. The molecule has 1 atom stereocenters. The molecule has 0 bridgehead atoms. The fourth-order valence-corrected chi connectivity index (χ4v) is 4.18. The zero-order valence-corrected chi connectivity index (χ0v) is 17.6. The maximum Gasteiger partial charge on any atom is 0.251 e. The van der Waals surface area contributed by atoms with Crippen LogP contribution in [0.2, 0.25) is 0 Å². The second kappa shape index (κ2) is 9.77. The molecular weight excluding hydrogens is 372 g/mol. The van der Waals surface area contributed by atoms with Crippen molar-refractivity contribution in [3.8, 4) is 5.75 Å². The maximum absolute atomic E-state index is 12.5. The minimum absolute atomic E-state index is 0.0335. The molecule has 1 heterocycles. The summed E-state index contributed by atoms with van der Waals surface area (Å²) in [6.45, 7) is 2.56. The van der Waals surface area contributed by atoms with E-state index in [-0.39, 0.29) is 5.91 Å². The Morgan fingerprint density at radius 2 is 1.87 bits per heavy atom. The molecule has 30 heavy (non-hydrogen) atoms. The minimum atomic E-state index is -0.0335. The number of nitrogens with one attached hydrogen (secondary N) is 1. The van der Waals surface area contributed by atoms with E-state index in [1.165, 1.54) is 24.9 Å². The summed E-state index contributed by atoms with van der Waals surface area (Å²) in [5, 5.41) is 5.15. The van der Waals surface area contributed by atoms with Crippen molar-refractivity contribution in [3.63, 3.8) is 0 Å². The lowest BCUT2D eigenvalue weighted by Crippen LogP contribution is -2.26. The Balaban J connectivity index is 1.31. The number of carbonyl (C=O) groups is 1. The summed E-state index contributed by atoms with van der Waals surface area (Å²) in [6, 6.07) is 22.8. The third-order valence-electron chi connectivity index (χ3n) is 6.01. The van der Waals surface area contributed by atoms with Crippen LogP contribution in [0.5, 0.6) is 5.75 Å². The van der Waals surface area contributed by atoms with Gasteiger partial charge in [0.1, 0.15) is 5.75 Å². The van der Waals surface area contributed by atoms with Crippen molar-refractivity contribution in [2.45, 2.75) is 31.7 Å². The van der Waals surface area contributed by atoms with Gasteiger partial charge in [0, 0.05) is 18.2 Å². The Bertz CT molecular complexity index is 987. The van der Waals surface area contributed by atoms with E-state index in [0.717, 1.165) is 36.0 Å². The van der Waals surface area contributed by atoms with Crippen molar-refractivity contribution < 1.29 is 9.53 Å². The van der Waals surface area contributed by atoms with Crippen molar-refractivity contribution >= 4 is 16.7 Å². The zero-order chi connectivity index (χ0) is 20.8. The molecule has 1 fully saturated rings. The molecule has 3 aromatic carbocycles. The van der Waals surface area contributed by atoms with Crippen LogP contribution in [0.15, 0.2) is 66.7 Å². The SMILES string of the molecule is CN1CCCC1CCOc1ccc2cc(C(=O)NCCc3ccccc3)ccc2c1. The molecule has 0 aromatic heterocycles. The van der Waals surface area contributed by atoms with Gasteiger partial charge in [0.25, 0.3) is 5.91 Å². The van der Waals surface area contributed by atoms with Crippen LogP contribution >= 0.6 is 0 Å². The van der Waals surface area contributed by atoms with E-state index >= 15 is 0 Å². The van der Waals surface area contributed by atoms with Crippen molar-refractivity contribution in [1.82, 2.24) is 10.2 Å². The second-order valence-electron chi connectivity index (χ2n) is 8.13. The van der Waals surface area contributed by atoms with Crippen molar-refractivity contribution in [2.75, 3.05) is 26.7 Å². The third-order valence-corrected chi connectivity index (χ3v) is 6.01. The first kappa shape index (κ1) is 20.4. The van der Waals surface area contributed by atoms with E-state index in [0.29, 0.717) is 18.2 Å². The van der Waals surface area contributed by atoms with E-state index in [9.17, 15) is 4.79 Å². The van der Waals surface area contributed by atoms with Gasteiger partial charge < -0.3 is 15.0 Å². The predicted octanol–water partition coefficient (Wildman–Crippen LogP) is 4.68. The number of amides is 1. The van der Waals surface area contributed by atoms with Gasteiger partial charge in [-0.1, -0.05) is 42.5 Å². The Kier molecular flexibility index (Phi) is 6.65. The monoisotopic (exact) mass is 402 g/mol. The molecule has 1 amide bonds. The summed E-state index contributed by atoms with van der Waals surface area (Å²) >= 11 is 0. The summed E-state index contributed by atoms with van der Waals surface area (Å²) < 4.78 is 5.99. The lowest BCUT2D eigenvalue weighted by atomic mass is 10.1. The molecule has 0 radical (unpaired) electrons. The molecule has 1 N–H and O–H groups in total. The Morgan fingerprint density at radius 1 is 1.07 bits per heavy atom. The summed E-state index contributed by atoms with van der Waals surface area (Å²) in [5.41, 5.74) is 1.91. The summed E-state index contributed by atoms with van der Waals surface area (Å²) in [5.74, 6) is 0.858. The quantitative estimate of drug-likeness (QED) is 0.595.